The summed E-state index contributed by atoms with van der Waals surface area (Å²) in [5, 5.41) is 10.0. The molecule has 0 amide bonds. The number of rotatable bonds is 4. The van der Waals surface area contributed by atoms with Crippen LogP contribution in [0.2, 0.25) is 0 Å². The van der Waals surface area contributed by atoms with Crippen LogP contribution in [0.15, 0.2) is 0 Å². The summed E-state index contributed by atoms with van der Waals surface area (Å²) in [6.45, 7) is 3.79. The zero-order chi connectivity index (χ0) is 7.28. The second-order valence-corrected chi connectivity index (χ2v) is 2.41. The predicted molar refractivity (Wildman–Crippen MR) is 44.3 cm³/mol. The van der Waals surface area contributed by atoms with Crippen LogP contribution in [0.3, 0.4) is 0 Å². The highest BCUT2D eigenvalue weighted by atomic mass is 32.1. The maximum Gasteiger partial charge on any atom is 0.0617 e. The van der Waals surface area contributed by atoms with Crippen molar-refractivity contribution in [1.29, 1.82) is 5.41 Å². The van der Waals surface area contributed by atoms with Gasteiger partial charge in [-0.3, -0.25) is 0 Å². The number of hydrogen-bond donors (Lipinski definition) is 2. The minimum Gasteiger partial charge on any atom is -0.379 e. The van der Waals surface area contributed by atoms with Crippen LogP contribution in [-0.4, -0.2) is 17.2 Å². The van der Waals surface area contributed by atoms with Crippen LogP contribution in [0.1, 0.15) is 20.3 Å². The van der Waals surface area contributed by atoms with Crippen LogP contribution in [0, 0.1) is 5.41 Å². The summed E-state index contributed by atoms with van der Waals surface area (Å²) >= 11 is 4.57. The lowest BCUT2D eigenvalue weighted by atomic mass is 10.2. The van der Waals surface area contributed by atoms with Gasteiger partial charge in [0.15, 0.2) is 0 Å². The summed E-state index contributed by atoms with van der Waals surface area (Å²) in [7, 11) is 0. The first-order chi connectivity index (χ1) is 4.16. The largest absolute Gasteiger partial charge is 0.379 e. The van der Waals surface area contributed by atoms with E-state index in [2.05, 4.69) is 17.5 Å². The Kier molecular flexibility index (Phi) is 4.22. The van der Waals surface area contributed by atoms with Crippen molar-refractivity contribution in [3.8, 4) is 0 Å². The van der Waals surface area contributed by atoms with Gasteiger partial charge in [-0.25, -0.2) is 0 Å². The molecule has 0 fully saturated rings. The molecule has 0 aromatic carbocycles. The minimum absolute atomic E-state index is 0.306. The molecule has 1 atom stereocenters. The van der Waals surface area contributed by atoms with Crippen molar-refractivity contribution < 1.29 is 0 Å². The van der Waals surface area contributed by atoms with Gasteiger partial charge in [0.05, 0.1) is 5.49 Å². The number of thiocarbonyl (C=S) groups is 1. The van der Waals surface area contributed by atoms with Crippen LogP contribution >= 0.6 is 12.2 Å². The van der Waals surface area contributed by atoms with E-state index in [1.807, 2.05) is 6.92 Å². The molecule has 0 radical (unpaired) electrons. The van der Waals surface area contributed by atoms with Crippen LogP contribution in [0.25, 0.3) is 0 Å². The zero-order valence-corrected chi connectivity index (χ0v) is 6.59. The first kappa shape index (κ1) is 8.56. The molecule has 0 aliphatic rings. The predicted octanol–water partition coefficient (Wildman–Crippen LogP) is 1.35. The summed E-state index contributed by atoms with van der Waals surface area (Å²) in [5.74, 6) is 0. The van der Waals surface area contributed by atoms with E-state index >= 15 is 0 Å². The SMILES string of the molecule is CC(=N)CC(C)NC=S. The van der Waals surface area contributed by atoms with E-state index in [4.69, 9.17) is 5.41 Å². The topological polar surface area (TPSA) is 35.9 Å². The highest BCUT2D eigenvalue weighted by Crippen LogP contribution is 1.89. The average Bonchev–Trinajstić information content (AvgIpc) is 1.63. The van der Waals surface area contributed by atoms with Gasteiger partial charge in [-0.05, 0) is 13.8 Å². The molecule has 0 saturated carbocycles. The molecule has 0 bridgehead atoms. The normalized spacial score (nSPS) is 12.2. The molecular formula is C6H12N2S. The first-order valence-corrected chi connectivity index (χ1v) is 3.37. The summed E-state index contributed by atoms with van der Waals surface area (Å²) in [5.41, 5.74) is 2.18. The van der Waals surface area contributed by atoms with Gasteiger partial charge in [-0.15, -0.1) is 0 Å². The third kappa shape index (κ3) is 5.43. The molecule has 0 heterocycles. The van der Waals surface area contributed by atoms with Crippen LogP contribution in [0.4, 0.5) is 0 Å². The lowest BCUT2D eigenvalue weighted by Gasteiger charge is -2.08. The van der Waals surface area contributed by atoms with E-state index in [9.17, 15) is 0 Å². The molecule has 2 N–H and O–H groups in total. The standard InChI is InChI=1S/C6H12N2S/c1-5(7)3-6(2)8-4-9/h4,6-7H,3H2,1-2H3,(H,8,9). The summed E-state index contributed by atoms with van der Waals surface area (Å²) < 4.78 is 0. The fourth-order valence-electron chi connectivity index (χ4n) is 0.634. The Morgan fingerprint density at radius 1 is 1.89 bits per heavy atom. The maximum absolute atomic E-state index is 7.12. The van der Waals surface area contributed by atoms with Gasteiger partial charge in [-0.1, -0.05) is 12.2 Å². The zero-order valence-electron chi connectivity index (χ0n) is 5.77. The van der Waals surface area contributed by atoms with Gasteiger partial charge in [0, 0.05) is 18.2 Å². The number of nitrogens with one attached hydrogen (secondary N) is 2. The Balaban J connectivity index is 3.37. The van der Waals surface area contributed by atoms with E-state index in [0.717, 1.165) is 6.42 Å². The molecule has 1 unspecified atom stereocenters. The third-order valence-corrected chi connectivity index (χ3v) is 1.10. The second-order valence-electron chi connectivity index (χ2n) is 2.17. The van der Waals surface area contributed by atoms with Crippen molar-refractivity contribution in [2.45, 2.75) is 26.3 Å². The average molecular weight is 144 g/mol. The summed E-state index contributed by atoms with van der Waals surface area (Å²) in [4.78, 5) is 0. The Morgan fingerprint density at radius 3 is 2.78 bits per heavy atom. The quantitative estimate of drug-likeness (QED) is 0.461. The van der Waals surface area contributed by atoms with Gasteiger partial charge < -0.3 is 10.7 Å². The van der Waals surface area contributed by atoms with Gasteiger partial charge in [0.1, 0.15) is 0 Å². The lowest BCUT2D eigenvalue weighted by molar-refractivity contribution is 0.701. The molecule has 2 nitrogen and oxygen atoms in total. The lowest BCUT2D eigenvalue weighted by Crippen LogP contribution is -2.25. The molecule has 52 valence electrons. The third-order valence-electron chi connectivity index (χ3n) is 0.965. The Labute approximate surface area is 61.2 Å². The van der Waals surface area contributed by atoms with E-state index in [0.29, 0.717) is 11.8 Å². The van der Waals surface area contributed by atoms with Gasteiger partial charge in [0.2, 0.25) is 0 Å². The fourth-order valence-corrected chi connectivity index (χ4v) is 0.867. The van der Waals surface area contributed by atoms with Gasteiger partial charge in [-0.2, -0.15) is 0 Å². The molecule has 0 aliphatic heterocycles. The molecule has 0 aromatic rings. The van der Waals surface area contributed by atoms with E-state index in [-0.39, 0.29) is 0 Å². The second kappa shape index (κ2) is 4.44. The molecule has 9 heavy (non-hydrogen) atoms. The molecule has 0 saturated heterocycles. The Bertz CT molecular complexity index is 112. The molecule has 3 heteroatoms. The van der Waals surface area contributed by atoms with E-state index in [1.165, 1.54) is 5.49 Å². The molecular weight excluding hydrogens is 132 g/mol. The smallest absolute Gasteiger partial charge is 0.0617 e. The van der Waals surface area contributed by atoms with Crippen LogP contribution < -0.4 is 5.32 Å². The summed E-state index contributed by atoms with van der Waals surface area (Å²) in [6.07, 6.45) is 0.771. The maximum atomic E-state index is 7.12. The van der Waals surface area contributed by atoms with Crippen molar-refractivity contribution in [1.82, 2.24) is 5.32 Å². The highest BCUT2D eigenvalue weighted by molar-refractivity contribution is 7.78. The Morgan fingerprint density at radius 2 is 2.44 bits per heavy atom. The van der Waals surface area contributed by atoms with Gasteiger partial charge in [0.25, 0.3) is 0 Å². The van der Waals surface area contributed by atoms with Crippen LogP contribution in [0.5, 0.6) is 0 Å². The van der Waals surface area contributed by atoms with Gasteiger partial charge >= 0.3 is 0 Å². The first-order valence-electron chi connectivity index (χ1n) is 2.90. The van der Waals surface area contributed by atoms with E-state index in [1.54, 1.807) is 6.92 Å². The highest BCUT2D eigenvalue weighted by Gasteiger charge is 1.97. The van der Waals surface area contributed by atoms with Crippen molar-refractivity contribution in [3.05, 3.63) is 0 Å². The van der Waals surface area contributed by atoms with Crippen molar-refractivity contribution in [3.63, 3.8) is 0 Å². The fraction of sp³-hybridized carbons (Fsp3) is 0.667. The van der Waals surface area contributed by atoms with Crippen molar-refractivity contribution >= 4 is 23.4 Å². The van der Waals surface area contributed by atoms with Crippen molar-refractivity contribution in [2.24, 2.45) is 0 Å². The molecule has 0 spiro atoms. The van der Waals surface area contributed by atoms with Crippen LogP contribution in [-0.2, 0) is 0 Å². The Hall–Kier alpha value is -0.440. The molecule has 0 aromatic heterocycles. The monoisotopic (exact) mass is 144 g/mol. The number of hydrogen-bond acceptors (Lipinski definition) is 2. The molecule has 0 rings (SSSR count). The van der Waals surface area contributed by atoms with E-state index < -0.39 is 0 Å². The van der Waals surface area contributed by atoms with Crippen molar-refractivity contribution in [2.75, 3.05) is 0 Å². The molecule has 0 aliphatic carbocycles. The minimum atomic E-state index is 0.306. The summed E-state index contributed by atoms with van der Waals surface area (Å²) in [6, 6.07) is 0.306.